The highest BCUT2D eigenvalue weighted by atomic mass is 32.2. The molecule has 2 aromatic carbocycles. The molecule has 1 saturated heterocycles. The molecule has 1 heterocycles. The van der Waals surface area contributed by atoms with Crippen molar-refractivity contribution in [2.24, 2.45) is 5.92 Å². The van der Waals surface area contributed by atoms with Gasteiger partial charge < -0.3 is 14.8 Å². The first-order chi connectivity index (χ1) is 14.3. The van der Waals surface area contributed by atoms with Crippen LogP contribution in [0.4, 0.5) is 15.8 Å². The van der Waals surface area contributed by atoms with Crippen LogP contribution in [-0.4, -0.2) is 40.0 Å². The van der Waals surface area contributed by atoms with Gasteiger partial charge >= 0.3 is 0 Å². The zero-order valence-corrected chi connectivity index (χ0v) is 17.3. The Balaban J connectivity index is 1.71. The van der Waals surface area contributed by atoms with Gasteiger partial charge in [-0.15, -0.1) is 0 Å². The number of ether oxygens (including phenoxy) is 2. The van der Waals surface area contributed by atoms with Gasteiger partial charge in [0.05, 0.1) is 25.3 Å². The second kappa shape index (κ2) is 9.28. The Morgan fingerprint density at radius 1 is 1.20 bits per heavy atom. The molecule has 0 spiro atoms. The van der Waals surface area contributed by atoms with Gasteiger partial charge in [0, 0.05) is 18.3 Å². The summed E-state index contributed by atoms with van der Waals surface area (Å²) in [4.78, 5) is 12.6. The number of anilines is 2. The molecule has 0 bridgehead atoms. The molecule has 0 aromatic heterocycles. The number of carbonyl (C=O) groups is 1. The predicted molar refractivity (Wildman–Crippen MR) is 110 cm³/mol. The molecule has 30 heavy (non-hydrogen) atoms. The van der Waals surface area contributed by atoms with Crippen molar-refractivity contribution in [3.05, 3.63) is 48.3 Å². The molecular formula is C19H23FN4O5S. The highest BCUT2D eigenvalue weighted by Gasteiger charge is 2.42. The molecule has 162 valence electrons. The van der Waals surface area contributed by atoms with Crippen LogP contribution < -0.4 is 30.4 Å². The van der Waals surface area contributed by atoms with E-state index in [9.17, 15) is 17.6 Å². The van der Waals surface area contributed by atoms with E-state index in [-0.39, 0.29) is 12.2 Å². The Morgan fingerprint density at radius 2 is 1.90 bits per heavy atom. The summed E-state index contributed by atoms with van der Waals surface area (Å²) in [6, 6.07) is 10.4. The fourth-order valence-corrected chi connectivity index (χ4v) is 4.45. The summed E-state index contributed by atoms with van der Waals surface area (Å²) in [5, 5.41) is 1.17. The van der Waals surface area contributed by atoms with Crippen LogP contribution in [0.2, 0.25) is 0 Å². The van der Waals surface area contributed by atoms with E-state index in [1.165, 1.54) is 19.2 Å². The van der Waals surface area contributed by atoms with Gasteiger partial charge in [0.2, 0.25) is 5.91 Å². The number of hydrogen-bond donors (Lipinski definition) is 4. The van der Waals surface area contributed by atoms with Crippen LogP contribution in [0.3, 0.4) is 0 Å². The zero-order chi connectivity index (χ0) is 21.7. The van der Waals surface area contributed by atoms with Crippen LogP contribution in [0, 0.1) is 11.7 Å². The summed E-state index contributed by atoms with van der Waals surface area (Å²) >= 11 is 0. The molecule has 3 rings (SSSR count). The fraction of sp³-hybridized carbons (Fsp3) is 0.316. The number of hydrogen-bond acceptors (Lipinski definition) is 7. The first-order valence-corrected chi connectivity index (χ1v) is 10.8. The van der Waals surface area contributed by atoms with Crippen LogP contribution in [0.15, 0.2) is 42.5 Å². The number of rotatable bonds is 8. The van der Waals surface area contributed by atoms with Crippen molar-refractivity contribution in [1.29, 1.82) is 0 Å². The Kier molecular flexibility index (Phi) is 6.75. The summed E-state index contributed by atoms with van der Waals surface area (Å²) in [6.07, 6.45) is 0. The fourth-order valence-electron chi connectivity index (χ4n) is 2.96. The summed E-state index contributed by atoms with van der Waals surface area (Å²) in [7, 11) is -2.59. The third-order valence-corrected chi connectivity index (χ3v) is 6.10. The average molecular weight is 438 g/mol. The zero-order valence-electron chi connectivity index (χ0n) is 16.4. The van der Waals surface area contributed by atoms with E-state index in [4.69, 9.17) is 9.47 Å². The Hall–Kier alpha value is -2.89. The molecule has 0 aliphatic carbocycles. The van der Waals surface area contributed by atoms with E-state index in [0.717, 1.165) is 6.07 Å². The van der Waals surface area contributed by atoms with Gasteiger partial charge in [-0.1, -0.05) is 0 Å². The van der Waals surface area contributed by atoms with Crippen LogP contribution in [0.25, 0.3) is 0 Å². The maximum Gasteiger partial charge on any atom is 0.250 e. The lowest BCUT2D eigenvalue weighted by Crippen LogP contribution is -2.45. The molecular weight excluding hydrogens is 415 g/mol. The van der Waals surface area contributed by atoms with Gasteiger partial charge in [0.1, 0.15) is 17.3 Å². The summed E-state index contributed by atoms with van der Waals surface area (Å²) in [5.74, 6) is -1.41. The summed E-state index contributed by atoms with van der Waals surface area (Å²) in [6.45, 7) is 2.39. The lowest BCUT2D eigenvalue weighted by Gasteiger charge is -2.20. The third kappa shape index (κ3) is 4.99. The van der Waals surface area contributed by atoms with E-state index in [1.54, 1.807) is 24.3 Å². The predicted octanol–water partition coefficient (Wildman–Crippen LogP) is 1.66. The highest BCUT2D eigenvalue weighted by molar-refractivity contribution is 7.93. The van der Waals surface area contributed by atoms with Gasteiger partial charge in [0.15, 0.2) is 5.37 Å². The maximum atomic E-state index is 14.1. The first-order valence-electron chi connectivity index (χ1n) is 9.21. The van der Waals surface area contributed by atoms with E-state index >= 15 is 0 Å². The second-order valence-electron chi connectivity index (χ2n) is 6.49. The number of nitrogens with one attached hydrogen (secondary N) is 4. The quantitative estimate of drug-likeness (QED) is 0.495. The van der Waals surface area contributed by atoms with Gasteiger partial charge in [-0.3, -0.25) is 14.9 Å². The molecule has 1 aliphatic heterocycles. The number of methoxy groups -OCH3 is 1. The molecule has 1 aliphatic rings. The van der Waals surface area contributed by atoms with E-state index in [2.05, 4.69) is 20.9 Å². The van der Waals surface area contributed by atoms with Crippen LogP contribution in [0.5, 0.6) is 11.5 Å². The molecule has 1 fully saturated rings. The maximum absolute atomic E-state index is 14.1. The van der Waals surface area contributed by atoms with Crippen molar-refractivity contribution < 1.29 is 27.1 Å². The summed E-state index contributed by atoms with van der Waals surface area (Å²) < 4.78 is 52.5. The lowest BCUT2D eigenvalue weighted by atomic mass is 10.1. The van der Waals surface area contributed by atoms with Crippen LogP contribution in [-0.2, 0) is 14.8 Å². The molecule has 2 aromatic rings. The number of sulfonamides is 1. The van der Waals surface area contributed by atoms with Crippen LogP contribution in [0.1, 0.15) is 6.92 Å². The Bertz CT molecular complexity index is 1000. The normalized spacial score (nSPS) is 18.6. The number of hydrazine groups is 1. The molecule has 4 N–H and O–H groups in total. The topological polar surface area (TPSA) is 118 Å². The van der Waals surface area contributed by atoms with E-state index in [0.29, 0.717) is 23.8 Å². The van der Waals surface area contributed by atoms with E-state index in [1.807, 2.05) is 6.92 Å². The SMILES string of the molecule is CCOc1ccc(NS(=O)(=O)C2NNCC2C(=O)Nc2ccc(OC)cc2F)cc1. The lowest BCUT2D eigenvalue weighted by molar-refractivity contribution is -0.119. The minimum Gasteiger partial charge on any atom is -0.497 e. The summed E-state index contributed by atoms with van der Waals surface area (Å²) in [5.41, 5.74) is 5.53. The van der Waals surface area contributed by atoms with Crippen LogP contribution >= 0.6 is 0 Å². The van der Waals surface area contributed by atoms with Crippen molar-refractivity contribution in [3.8, 4) is 11.5 Å². The van der Waals surface area contributed by atoms with Gasteiger partial charge in [-0.2, -0.15) is 0 Å². The second-order valence-corrected chi connectivity index (χ2v) is 8.29. The number of benzene rings is 2. The molecule has 2 unspecified atom stereocenters. The smallest absolute Gasteiger partial charge is 0.250 e. The standard InChI is InChI=1S/C19H23FN4O5S/c1-3-29-13-6-4-12(5-7-13)24-30(26,27)19-15(11-21-23-19)18(25)22-17-9-8-14(28-2)10-16(17)20/h4-10,15,19,21,23-24H,3,11H2,1-2H3,(H,22,25). The van der Waals surface area contributed by atoms with Crippen molar-refractivity contribution in [2.75, 3.05) is 30.3 Å². The number of carbonyl (C=O) groups excluding carboxylic acids is 1. The molecule has 0 radical (unpaired) electrons. The number of amides is 1. The van der Waals surface area contributed by atoms with Gasteiger partial charge in [-0.05, 0) is 43.3 Å². The first kappa shape index (κ1) is 21.8. The van der Waals surface area contributed by atoms with Crippen molar-refractivity contribution >= 4 is 27.3 Å². The van der Waals surface area contributed by atoms with Crippen molar-refractivity contribution in [3.63, 3.8) is 0 Å². The largest absolute Gasteiger partial charge is 0.497 e. The van der Waals surface area contributed by atoms with Gasteiger partial charge in [0.25, 0.3) is 10.0 Å². The van der Waals surface area contributed by atoms with E-state index < -0.39 is 33.0 Å². The molecule has 11 heteroatoms. The minimum absolute atomic E-state index is 0.0540. The number of halogens is 1. The van der Waals surface area contributed by atoms with Crippen molar-refractivity contribution in [1.82, 2.24) is 10.9 Å². The molecule has 9 nitrogen and oxygen atoms in total. The third-order valence-electron chi connectivity index (χ3n) is 4.46. The monoisotopic (exact) mass is 438 g/mol. The average Bonchev–Trinajstić information content (AvgIpc) is 3.22. The Labute approximate surface area is 174 Å². The highest BCUT2D eigenvalue weighted by Crippen LogP contribution is 2.24. The molecule has 1 amide bonds. The Morgan fingerprint density at radius 3 is 2.53 bits per heavy atom. The van der Waals surface area contributed by atoms with Crippen molar-refractivity contribution in [2.45, 2.75) is 12.3 Å². The van der Waals surface area contributed by atoms with Gasteiger partial charge in [-0.25, -0.2) is 18.2 Å². The minimum atomic E-state index is -3.98. The molecule has 2 atom stereocenters. The molecule has 0 saturated carbocycles.